The van der Waals surface area contributed by atoms with Crippen LogP contribution in [0.1, 0.15) is 35.7 Å². The molecular weight excluding hydrogens is 440 g/mol. The van der Waals surface area contributed by atoms with Gasteiger partial charge >= 0.3 is 0 Å². The first-order valence-electron chi connectivity index (χ1n) is 10.2. The Kier molecular flexibility index (Phi) is 7.94. The van der Waals surface area contributed by atoms with Crippen LogP contribution in [-0.2, 0) is 21.3 Å². The first kappa shape index (κ1) is 23.5. The number of rotatable bonds is 9. The molecule has 0 radical (unpaired) electrons. The summed E-state index contributed by atoms with van der Waals surface area (Å²) in [6.45, 7) is 3.49. The predicted octanol–water partition coefficient (Wildman–Crippen LogP) is 3.47. The molecule has 1 aliphatic heterocycles. The fraction of sp³-hybridized carbons (Fsp3) is 0.409. The number of benzene rings is 2. The molecule has 9 heteroatoms. The van der Waals surface area contributed by atoms with E-state index in [-0.39, 0.29) is 23.5 Å². The monoisotopic (exact) mass is 466 g/mol. The summed E-state index contributed by atoms with van der Waals surface area (Å²) >= 11 is 5.87. The number of nitrogens with zero attached hydrogens (tertiary/aromatic N) is 1. The molecule has 1 N–H and O–H groups in total. The minimum Gasteiger partial charge on any atom is -0.494 e. The summed E-state index contributed by atoms with van der Waals surface area (Å²) in [6.07, 6.45) is 1.98. The van der Waals surface area contributed by atoms with Crippen molar-refractivity contribution >= 4 is 27.5 Å². The van der Waals surface area contributed by atoms with E-state index in [2.05, 4.69) is 5.32 Å². The van der Waals surface area contributed by atoms with E-state index in [1.54, 1.807) is 18.2 Å². The van der Waals surface area contributed by atoms with Crippen LogP contribution in [0.25, 0.3) is 0 Å². The molecule has 1 heterocycles. The number of amides is 1. The van der Waals surface area contributed by atoms with Crippen molar-refractivity contribution in [3.05, 3.63) is 58.6 Å². The average molecular weight is 467 g/mol. The Morgan fingerprint density at radius 2 is 2.00 bits per heavy atom. The van der Waals surface area contributed by atoms with E-state index in [9.17, 15) is 13.2 Å². The summed E-state index contributed by atoms with van der Waals surface area (Å²) in [6, 6.07) is 11.0. The summed E-state index contributed by atoms with van der Waals surface area (Å²) in [7, 11) is -2.25. The third kappa shape index (κ3) is 5.98. The number of ether oxygens (including phenoxy) is 2. The molecule has 2 aromatic carbocycles. The maximum absolute atomic E-state index is 12.9. The highest BCUT2D eigenvalue weighted by Gasteiger charge is 2.23. The van der Waals surface area contributed by atoms with Crippen molar-refractivity contribution in [2.45, 2.75) is 37.3 Å². The summed E-state index contributed by atoms with van der Waals surface area (Å²) in [5.41, 5.74) is 1.04. The summed E-state index contributed by atoms with van der Waals surface area (Å²) in [5.74, 6) is 0.305. The van der Waals surface area contributed by atoms with Crippen molar-refractivity contribution in [3.8, 4) is 5.75 Å². The molecule has 31 heavy (non-hydrogen) atoms. The largest absolute Gasteiger partial charge is 0.494 e. The van der Waals surface area contributed by atoms with Crippen molar-refractivity contribution < 1.29 is 22.7 Å². The van der Waals surface area contributed by atoms with Gasteiger partial charge in [0.25, 0.3) is 5.91 Å². The number of nitrogens with one attached hydrogen (secondary N) is 1. The van der Waals surface area contributed by atoms with E-state index >= 15 is 0 Å². The lowest BCUT2D eigenvalue weighted by Crippen LogP contribution is -2.32. The summed E-state index contributed by atoms with van der Waals surface area (Å²) in [5, 5.41) is 3.35. The molecule has 1 saturated heterocycles. The van der Waals surface area contributed by atoms with Gasteiger partial charge in [0, 0.05) is 42.9 Å². The Bertz CT molecular complexity index is 1010. The van der Waals surface area contributed by atoms with Gasteiger partial charge in [0.2, 0.25) is 10.0 Å². The zero-order chi connectivity index (χ0) is 22.4. The highest BCUT2D eigenvalue weighted by molar-refractivity contribution is 7.89. The fourth-order valence-electron chi connectivity index (χ4n) is 3.37. The fourth-order valence-corrected chi connectivity index (χ4v) is 4.64. The van der Waals surface area contributed by atoms with E-state index in [1.165, 1.54) is 35.6 Å². The van der Waals surface area contributed by atoms with Crippen LogP contribution < -0.4 is 10.1 Å². The van der Waals surface area contributed by atoms with Crippen molar-refractivity contribution in [3.63, 3.8) is 0 Å². The summed E-state index contributed by atoms with van der Waals surface area (Å²) in [4.78, 5) is 12.7. The van der Waals surface area contributed by atoms with Crippen LogP contribution in [0.4, 0.5) is 0 Å². The Hall–Kier alpha value is -2.13. The number of hydrogen-bond acceptors (Lipinski definition) is 5. The second kappa shape index (κ2) is 10.5. The molecule has 1 aliphatic rings. The van der Waals surface area contributed by atoms with Crippen LogP contribution in [0, 0.1) is 0 Å². The third-order valence-corrected chi connectivity index (χ3v) is 7.12. The second-order valence-electron chi connectivity index (χ2n) is 7.32. The van der Waals surface area contributed by atoms with Crippen molar-refractivity contribution in [2.75, 3.05) is 26.8 Å². The molecule has 3 rings (SSSR count). The van der Waals surface area contributed by atoms with Crippen LogP contribution in [0.2, 0.25) is 5.02 Å². The molecule has 1 unspecified atom stereocenters. The van der Waals surface area contributed by atoms with E-state index in [0.717, 1.165) is 19.4 Å². The molecule has 168 valence electrons. The Labute approximate surface area is 188 Å². The first-order chi connectivity index (χ1) is 14.8. The maximum atomic E-state index is 12.9. The van der Waals surface area contributed by atoms with Crippen LogP contribution in [0.15, 0.2) is 47.4 Å². The van der Waals surface area contributed by atoms with Gasteiger partial charge in [-0.25, -0.2) is 8.42 Å². The Balaban J connectivity index is 1.78. The quantitative estimate of drug-likeness (QED) is 0.611. The lowest BCUT2D eigenvalue weighted by molar-refractivity contribution is 0.0857. The van der Waals surface area contributed by atoms with Gasteiger partial charge in [0.05, 0.1) is 17.6 Å². The van der Waals surface area contributed by atoms with Gasteiger partial charge < -0.3 is 14.8 Å². The highest BCUT2D eigenvalue weighted by atomic mass is 35.5. The smallest absolute Gasteiger partial charge is 0.251 e. The zero-order valence-electron chi connectivity index (χ0n) is 17.6. The number of sulfonamides is 1. The molecule has 0 aliphatic carbocycles. The maximum Gasteiger partial charge on any atom is 0.251 e. The SMILES string of the molecule is CCOc1ccc(C(=O)NCC2CCCO2)cc1CN(C)S(=O)(=O)c1ccc(Cl)cc1. The van der Waals surface area contributed by atoms with Crippen LogP contribution in [-0.4, -0.2) is 51.5 Å². The standard InChI is InChI=1S/C22H27ClN2O5S/c1-3-29-21-11-6-16(22(26)24-14-19-5-4-12-30-19)13-17(21)15-25(2)31(27,28)20-9-7-18(23)8-10-20/h6-11,13,19H,3-5,12,14-15H2,1-2H3,(H,24,26). The van der Waals surface area contributed by atoms with Crippen LogP contribution in [0.3, 0.4) is 0 Å². The molecule has 0 aromatic heterocycles. The second-order valence-corrected chi connectivity index (χ2v) is 9.80. The average Bonchev–Trinajstić information content (AvgIpc) is 3.27. The van der Waals surface area contributed by atoms with Gasteiger partial charge in [-0.2, -0.15) is 4.31 Å². The summed E-state index contributed by atoms with van der Waals surface area (Å²) < 4.78 is 38.3. The van der Waals surface area contributed by atoms with Crippen LogP contribution in [0.5, 0.6) is 5.75 Å². The van der Waals surface area contributed by atoms with Crippen molar-refractivity contribution in [2.24, 2.45) is 0 Å². The first-order valence-corrected chi connectivity index (χ1v) is 12.0. The normalized spacial score (nSPS) is 16.5. The topological polar surface area (TPSA) is 84.9 Å². The zero-order valence-corrected chi connectivity index (χ0v) is 19.2. The van der Waals surface area contributed by atoms with E-state index in [0.29, 0.717) is 35.1 Å². The molecule has 0 saturated carbocycles. The molecule has 7 nitrogen and oxygen atoms in total. The number of carbonyl (C=O) groups excluding carboxylic acids is 1. The number of carbonyl (C=O) groups is 1. The molecule has 1 fully saturated rings. The lowest BCUT2D eigenvalue weighted by atomic mass is 10.1. The molecule has 1 atom stereocenters. The third-order valence-electron chi connectivity index (χ3n) is 5.05. The Morgan fingerprint density at radius 3 is 2.65 bits per heavy atom. The molecule has 2 aromatic rings. The minimum atomic E-state index is -3.74. The van der Waals surface area contributed by atoms with E-state index < -0.39 is 10.0 Å². The predicted molar refractivity (Wildman–Crippen MR) is 119 cm³/mol. The van der Waals surface area contributed by atoms with Crippen molar-refractivity contribution in [1.29, 1.82) is 0 Å². The molecule has 0 spiro atoms. The van der Waals surface area contributed by atoms with E-state index in [4.69, 9.17) is 21.1 Å². The van der Waals surface area contributed by atoms with Gasteiger partial charge in [-0.1, -0.05) is 11.6 Å². The van der Waals surface area contributed by atoms with Gasteiger partial charge in [-0.05, 0) is 62.2 Å². The highest BCUT2D eigenvalue weighted by Crippen LogP contribution is 2.25. The number of hydrogen-bond donors (Lipinski definition) is 1. The van der Waals surface area contributed by atoms with Gasteiger partial charge in [-0.15, -0.1) is 0 Å². The van der Waals surface area contributed by atoms with Gasteiger partial charge in [-0.3, -0.25) is 4.79 Å². The Morgan fingerprint density at radius 1 is 1.26 bits per heavy atom. The lowest BCUT2D eigenvalue weighted by Gasteiger charge is -2.20. The van der Waals surface area contributed by atoms with E-state index in [1.807, 2.05) is 6.92 Å². The van der Waals surface area contributed by atoms with Gasteiger partial charge in [0.1, 0.15) is 5.75 Å². The van der Waals surface area contributed by atoms with Crippen LogP contribution >= 0.6 is 11.6 Å². The number of halogens is 1. The van der Waals surface area contributed by atoms with Crippen molar-refractivity contribution in [1.82, 2.24) is 9.62 Å². The molecular formula is C22H27ClN2O5S. The van der Waals surface area contributed by atoms with Gasteiger partial charge in [0.15, 0.2) is 0 Å². The molecule has 0 bridgehead atoms. The molecule has 1 amide bonds. The minimum absolute atomic E-state index is 0.0433.